The number of imide groups is 2. The molecule has 0 aromatic heterocycles. The number of ether oxygens (including phenoxy) is 2. The SMILES string of the molecule is Cc1ccc(COc2ccc(/C=C3\C(=O)NC(=O)N(c4ccc(OCc5ccccc5Cl)cc4)C3=O)cc2Cl)cc1. The van der Waals surface area contributed by atoms with Crippen LogP contribution in [0, 0.1) is 6.92 Å². The normalized spacial score (nSPS) is 14.3. The second-order valence-corrected chi connectivity index (χ2v) is 10.1. The molecule has 1 aliphatic rings. The average Bonchev–Trinajstić information content (AvgIpc) is 2.96. The number of benzene rings is 4. The summed E-state index contributed by atoms with van der Waals surface area (Å²) in [5.41, 5.74) is 3.52. The zero-order chi connectivity index (χ0) is 28.9. The van der Waals surface area contributed by atoms with Crippen LogP contribution in [0.1, 0.15) is 22.3 Å². The number of amides is 4. The maximum Gasteiger partial charge on any atom is 0.335 e. The lowest BCUT2D eigenvalue weighted by Crippen LogP contribution is -2.54. The lowest BCUT2D eigenvalue weighted by atomic mass is 10.1. The molecule has 4 amide bonds. The van der Waals surface area contributed by atoms with Crippen molar-refractivity contribution in [1.29, 1.82) is 0 Å². The van der Waals surface area contributed by atoms with Gasteiger partial charge in [0.1, 0.15) is 30.3 Å². The zero-order valence-corrected chi connectivity index (χ0v) is 23.4. The van der Waals surface area contributed by atoms with Gasteiger partial charge in [0.25, 0.3) is 11.8 Å². The Bertz CT molecular complexity index is 1650. The molecule has 0 spiro atoms. The van der Waals surface area contributed by atoms with Gasteiger partial charge < -0.3 is 9.47 Å². The Morgan fingerprint density at radius 1 is 0.805 bits per heavy atom. The Labute approximate surface area is 246 Å². The third-order valence-electron chi connectivity index (χ3n) is 6.33. The van der Waals surface area contributed by atoms with E-state index in [1.807, 2.05) is 49.4 Å². The summed E-state index contributed by atoms with van der Waals surface area (Å²) in [5, 5.41) is 3.13. The van der Waals surface area contributed by atoms with Crippen molar-refractivity contribution in [2.75, 3.05) is 4.90 Å². The van der Waals surface area contributed by atoms with Crippen molar-refractivity contribution in [3.8, 4) is 11.5 Å². The third kappa shape index (κ3) is 6.60. The third-order valence-corrected chi connectivity index (χ3v) is 6.99. The van der Waals surface area contributed by atoms with E-state index in [1.54, 1.807) is 48.5 Å². The number of hydrogen-bond acceptors (Lipinski definition) is 5. The fourth-order valence-corrected chi connectivity index (χ4v) is 4.53. The van der Waals surface area contributed by atoms with Gasteiger partial charge in [0, 0.05) is 10.6 Å². The van der Waals surface area contributed by atoms with Crippen molar-refractivity contribution in [3.63, 3.8) is 0 Å². The summed E-state index contributed by atoms with van der Waals surface area (Å²) in [6.45, 7) is 2.60. The highest BCUT2D eigenvalue weighted by molar-refractivity contribution is 6.39. The maximum atomic E-state index is 13.3. The lowest BCUT2D eigenvalue weighted by molar-refractivity contribution is -0.122. The van der Waals surface area contributed by atoms with E-state index >= 15 is 0 Å². The molecule has 0 unspecified atom stereocenters. The average molecular weight is 587 g/mol. The van der Waals surface area contributed by atoms with Gasteiger partial charge in [-0.2, -0.15) is 0 Å². The van der Waals surface area contributed by atoms with Crippen molar-refractivity contribution in [2.24, 2.45) is 0 Å². The fraction of sp³-hybridized carbons (Fsp3) is 0.0938. The number of hydrogen-bond donors (Lipinski definition) is 1. The maximum absolute atomic E-state index is 13.3. The number of nitrogens with one attached hydrogen (secondary N) is 1. The highest BCUT2D eigenvalue weighted by atomic mass is 35.5. The van der Waals surface area contributed by atoms with Crippen LogP contribution in [0.2, 0.25) is 10.0 Å². The first-order chi connectivity index (χ1) is 19.8. The van der Waals surface area contributed by atoms with Gasteiger partial charge in [0.2, 0.25) is 0 Å². The predicted molar refractivity (Wildman–Crippen MR) is 158 cm³/mol. The number of barbiturate groups is 1. The van der Waals surface area contributed by atoms with E-state index in [-0.39, 0.29) is 17.9 Å². The Hall–Kier alpha value is -4.59. The second kappa shape index (κ2) is 12.3. The number of nitrogens with zero attached hydrogens (tertiary/aromatic N) is 1. The smallest absolute Gasteiger partial charge is 0.335 e. The lowest BCUT2D eigenvalue weighted by Gasteiger charge is -2.26. The van der Waals surface area contributed by atoms with Gasteiger partial charge in [0.15, 0.2) is 0 Å². The monoisotopic (exact) mass is 586 g/mol. The minimum absolute atomic E-state index is 0.215. The Balaban J connectivity index is 1.29. The fourth-order valence-electron chi connectivity index (χ4n) is 4.10. The number of halogens is 2. The Kier molecular flexibility index (Phi) is 8.38. The molecule has 0 bridgehead atoms. The van der Waals surface area contributed by atoms with E-state index in [0.29, 0.717) is 33.7 Å². The summed E-state index contributed by atoms with van der Waals surface area (Å²) in [5.74, 6) is -0.585. The zero-order valence-electron chi connectivity index (χ0n) is 21.9. The molecule has 1 saturated heterocycles. The van der Waals surface area contributed by atoms with Crippen molar-refractivity contribution in [1.82, 2.24) is 5.32 Å². The van der Waals surface area contributed by atoms with Gasteiger partial charge in [-0.1, -0.05) is 77.3 Å². The molecule has 41 heavy (non-hydrogen) atoms. The summed E-state index contributed by atoms with van der Waals surface area (Å²) in [4.78, 5) is 39.4. The largest absolute Gasteiger partial charge is 0.489 e. The van der Waals surface area contributed by atoms with E-state index in [9.17, 15) is 14.4 Å². The molecular formula is C32H24Cl2N2O5. The second-order valence-electron chi connectivity index (χ2n) is 9.30. The topological polar surface area (TPSA) is 84.9 Å². The van der Waals surface area contributed by atoms with E-state index in [1.165, 1.54) is 6.08 Å². The van der Waals surface area contributed by atoms with Crippen molar-refractivity contribution < 1.29 is 23.9 Å². The van der Waals surface area contributed by atoms with Crippen LogP contribution < -0.4 is 19.7 Å². The van der Waals surface area contributed by atoms with Gasteiger partial charge in [-0.05, 0) is 66.6 Å². The van der Waals surface area contributed by atoms with Gasteiger partial charge in [-0.15, -0.1) is 0 Å². The number of carbonyl (C=O) groups excluding carboxylic acids is 3. The molecule has 4 aromatic carbocycles. The number of urea groups is 1. The van der Waals surface area contributed by atoms with E-state index in [2.05, 4.69) is 5.32 Å². The quantitative estimate of drug-likeness (QED) is 0.175. The standard InChI is InChI=1S/C32H24Cl2N2O5/c1-20-6-8-21(9-7-20)18-41-29-15-10-22(17-28(29)34)16-26-30(37)35-32(39)36(31(26)38)24-11-13-25(14-12-24)40-19-23-4-2-3-5-27(23)33/h2-17H,18-19H2,1H3,(H,35,37,39)/b26-16+. The van der Waals surface area contributed by atoms with Crippen LogP contribution in [-0.4, -0.2) is 17.8 Å². The molecule has 9 heteroatoms. The first kappa shape index (κ1) is 28.0. The number of rotatable bonds is 8. The molecule has 0 atom stereocenters. The highest BCUT2D eigenvalue weighted by Gasteiger charge is 2.36. The highest BCUT2D eigenvalue weighted by Crippen LogP contribution is 2.29. The van der Waals surface area contributed by atoms with Crippen molar-refractivity contribution in [2.45, 2.75) is 20.1 Å². The minimum atomic E-state index is -0.847. The molecule has 1 aliphatic heterocycles. The van der Waals surface area contributed by atoms with E-state index < -0.39 is 17.8 Å². The molecule has 0 radical (unpaired) electrons. The van der Waals surface area contributed by atoms with E-state index in [4.69, 9.17) is 32.7 Å². The molecule has 206 valence electrons. The summed E-state index contributed by atoms with van der Waals surface area (Å²) < 4.78 is 11.6. The van der Waals surface area contributed by atoms with Crippen molar-refractivity contribution >= 4 is 52.8 Å². The summed E-state index contributed by atoms with van der Waals surface area (Å²) in [6.07, 6.45) is 1.38. The van der Waals surface area contributed by atoms with Crippen LogP contribution in [0.15, 0.2) is 96.6 Å². The minimum Gasteiger partial charge on any atom is -0.489 e. The molecule has 1 fully saturated rings. The van der Waals surface area contributed by atoms with Crippen LogP contribution in [0.4, 0.5) is 10.5 Å². The number of aryl methyl sites for hydroxylation is 1. The van der Waals surface area contributed by atoms with Gasteiger partial charge in [-0.3, -0.25) is 14.9 Å². The van der Waals surface area contributed by atoms with Gasteiger partial charge in [0.05, 0.1) is 10.7 Å². The van der Waals surface area contributed by atoms with Crippen LogP contribution in [0.25, 0.3) is 6.08 Å². The van der Waals surface area contributed by atoms with Gasteiger partial charge in [-0.25, -0.2) is 9.69 Å². The Morgan fingerprint density at radius 3 is 2.24 bits per heavy atom. The molecule has 5 rings (SSSR count). The molecule has 1 heterocycles. The van der Waals surface area contributed by atoms with Crippen LogP contribution in [0.3, 0.4) is 0 Å². The van der Waals surface area contributed by atoms with Gasteiger partial charge >= 0.3 is 6.03 Å². The van der Waals surface area contributed by atoms with Crippen molar-refractivity contribution in [3.05, 3.63) is 129 Å². The van der Waals surface area contributed by atoms with Crippen LogP contribution in [-0.2, 0) is 22.8 Å². The molecule has 0 saturated carbocycles. The van der Waals surface area contributed by atoms with Crippen LogP contribution in [0.5, 0.6) is 11.5 Å². The van der Waals surface area contributed by atoms with Crippen LogP contribution >= 0.6 is 23.2 Å². The molecule has 4 aromatic rings. The first-order valence-corrected chi connectivity index (χ1v) is 13.4. The summed E-state index contributed by atoms with van der Waals surface area (Å²) in [7, 11) is 0. The first-order valence-electron chi connectivity index (χ1n) is 12.6. The molecule has 7 nitrogen and oxygen atoms in total. The summed E-state index contributed by atoms with van der Waals surface area (Å²) >= 11 is 12.6. The Morgan fingerprint density at radius 2 is 1.54 bits per heavy atom. The number of anilines is 1. The molecular weight excluding hydrogens is 563 g/mol. The van der Waals surface area contributed by atoms with E-state index in [0.717, 1.165) is 21.6 Å². The molecule has 1 N–H and O–H groups in total. The predicted octanol–water partition coefficient (Wildman–Crippen LogP) is 7.13. The summed E-state index contributed by atoms with van der Waals surface area (Å²) in [6, 6.07) is 25.7. The molecule has 0 aliphatic carbocycles. The number of carbonyl (C=O) groups is 3.